The number of hydrogen-bond donors (Lipinski definition) is 1. The van der Waals surface area contributed by atoms with Crippen molar-refractivity contribution < 1.29 is 29.0 Å². The molecule has 7 heteroatoms. The third kappa shape index (κ3) is 4.42. The van der Waals surface area contributed by atoms with Gasteiger partial charge in [-0.1, -0.05) is 0 Å². The molecule has 7 nitrogen and oxygen atoms in total. The van der Waals surface area contributed by atoms with Crippen LogP contribution in [0.25, 0.3) is 0 Å². The lowest BCUT2D eigenvalue weighted by molar-refractivity contribution is -0.146. The average molecular weight is 273 g/mol. The first-order valence-corrected chi connectivity index (χ1v) is 6.00. The first-order valence-electron chi connectivity index (χ1n) is 6.00. The summed E-state index contributed by atoms with van der Waals surface area (Å²) in [6.07, 6.45) is -1.24. The normalized spacial score (nSPS) is 23.1. The molecule has 2 atom stereocenters. The van der Waals surface area contributed by atoms with E-state index in [9.17, 15) is 14.4 Å². The molecule has 0 radical (unpaired) electrons. The minimum Gasteiger partial charge on any atom is -0.480 e. The van der Waals surface area contributed by atoms with Gasteiger partial charge in [0.2, 0.25) is 0 Å². The second-order valence-corrected chi connectivity index (χ2v) is 5.45. The maximum atomic E-state index is 11.9. The Morgan fingerprint density at radius 2 is 1.84 bits per heavy atom. The van der Waals surface area contributed by atoms with Gasteiger partial charge in [-0.3, -0.25) is 9.69 Å². The summed E-state index contributed by atoms with van der Waals surface area (Å²) in [4.78, 5) is 35.0. The van der Waals surface area contributed by atoms with E-state index in [2.05, 4.69) is 0 Å². The zero-order chi connectivity index (χ0) is 14.8. The smallest absolute Gasteiger partial charge is 0.411 e. The molecule has 19 heavy (non-hydrogen) atoms. The van der Waals surface area contributed by atoms with E-state index in [4.69, 9.17) is 14.6 Å². The first kappa shape index (κ1) is 15.3. The van der Waals surface area contributed by atoms with E-state index < -0.39 is 35.8 Å². The number of nitrogens with zero attached hydrogens (tertiary/aromatic N) is 1. The summed E-state index contributed by atoms with van der Waals surface area (Å²) < 4.78 is 10.1. The van der Waals surface area contributed by atoms with Gasteiger partial charge in [-0.2, -0.15) is 0 Å². The van der Waals surface area contributed by atoms with Crippen LogP contribution in [0.15, 0.2) is 0 Å². The molecule has 1 fully saturated rings. The van der Waals surface area contributed by atoms with Crippen LogP contribution < -0.4 is 0 Å². The van der Waals surface area contributed by atoms with E-state index in [1.165, 1.54) is 6.92 Å². The lowest BCUT2D eigenvalue weighted by Gasteiger charge is -2.26. The third-order valence-electron chi connectivity index (χ3n) is 2.51. The number of carbonyl (C=O) groups is 3. The molecule has 2 unspecified atom stereocenters. The van der Waals surface area contributed by atoms with Crippen LogP contribution in [0, 0.1) is 0 Å². The fraction of sp³-hybridized carbons (Fsp3) is 0.750. The van der Waals surface area contributed by atoms with Crippen LogP contribution in [0.3, 0.4) is 0 Å². The highest BCUT2D eigenvalue weighted by molar-refractivity contribution is 5.81. The number of rotatable bonds is 2. The molecule has 1 saturated heterocycles. The summed E-state index contributed by atoms with van der Waals surface area (Å²) in [5.41, 5.74) is -0.709. The number of carboxylic acid groups (broad SMARTS) is 1. The van der Waals surface area contributed by atoms with Gasteiger partial charge in [0.25, 0.3) is 0 Å². The summed E-state index contributed by atoms with van der Waals surface area (Å²) in [7, 11) is 0. The summed E-state index contributed by atoms with van der Waals surface area (Å²) >= 11 is 0. The Morgan fingerprint density at radius 3 is 2.26 bits per heavy atom. The lowest BCUT2D eigenvalue weighted by atomic mass is 10.2. The Morgan fingerprint density at radius 1 is 1.26 bits per heavy atom. The topological polar surface area (TPSA) is 93.1 Å². The molecule has 1 heterocycles. The third-order valence-corrected chi connectivity index (χ3v) is 2.51. The number of amides is 1. The highest BCUT2D eigenvalue weighted by atomic mass is 16.6. The van der Waals surface area contributed by atoms with Crippen molar-refractivity contribution in [1.29, 1.82) is 0 Å². The zero-order valence-electron chi connectivity index (χ0n) is 11.5. The van der Waals surface area contributed by atoms with Crippen molar-refractivity contribution in [3.05, 3.63) is 0 Å². The van der Waals surface area contributed by atoms with Crippen LogP contribution in [0.2, 0.25) is 0 Å². The summed E-state index contributed by atoms with van der Waals surface area (Å²) in [5, 5.41) is 9.09. The fourth-order valence-corrected chi connectivity index (χ4v) is 1.87. The number of carboxylic acids is 1. The van der Waals surface area contributed by atoms with Crippen molar-refractivity contribution in [2.75, 3.05) is 6.54 Å². The largest absolute Gasteiger partial charge is 0.480 e. The molecule has 1 rings (SSSR count). The predicted octanol–water partition coefficient (Wildman–Crippen LogP) is 1.01. The van der Waals surface area contributed by atoms with Gasteiger partial charge in [0.15, 0.2) is 0 Å². The minimum atomic E-state index is -1.14. The van der Waals surface area contributed by atoms with E-state index in [-0.39, 0.29) is 13.0 Å². The second kappa shape index (κ2) is 5.46. The van der Waals surface area contributed by atoms with Crippen LogP contribution in [-0.4, -0.2) is 52.3 Å². The number of esters is 1. The molecule has 0 saturated carbocycles. The van der Waals surface area contributed by atoms with Crippen molar-refractivity contribution in [2.45, 2.75) is 51.9 Å². The van der Waals surface area contributed by atoms with E-state index in [0.29, 0.717) is 0 Å². The van der Waals surface area contributed by atoms with Crippen LogP contribution in [0.1, 0.15) is 34.1 Å². The molecule has 0 aromatic heterocycles. The van der Waals surface area contributed by atoms with E-state index in [1.807, 2.05) is 0 Å². The predicted molar refractivity (Wildman–Crippen MR) is 64.5 cm³/mol. The van der Waals surface area contributed by atoms with Crippen molar-refractivity contribution in [3.63, 3.8) is 0 Å². The molecule has 108 valence electrons. The monoisotopic (exact) mass is 273 g/mol. The first-order chi connectivity index (χ1) is 8.60. The number of hydrogen-bond acceptors (Lipinski definition) is 5. The summed E-state index contributed by atoms with van der Waals surface area (Å²) in [5.74, 6) is -1.64. The zero-order valence-corrected chi connectivity index (χ0v) is 11.5. The Labute approximate surface area is 111 Å². The van der Waals surface area contributed by atoms with Gasteiger partial charge in [0, 0.05) is 13.3 Å². The Bertz CT molecular complexity index is 386. The van der Waals surface area contributed by atoms with Gasteiger partial charge < -0.3 is 14.6 Å². The molecular weight excluding hydrogens is 254 g/mol. The van der Waals surface area contributed by atoms with Gasteiger partial charge in [0.05, 0.1) is 6.54 Å². The fourth-order valence-electron chi connectivity index (χ4n) is 1.87. The van der Waals surface area contributed by atoms with Crippen molar-refractivity contribution in [3.8, 4) is 0 Å². The van der Waals surface area contributed by atoms with Crippen molar-refractivity contribution in [1.82, 2.24) is 4.90 Å². The van der Waals surface area contributed by atoms with Crippen LogP contribution in [0.5, 0.6) is 0 Å². The molecule has 1 aliphatic heterocycles. The SMILES string of the molecule is CC(=O)OC1CC(C(=O)O)N(C(=O)OC(C)(C)C)C1. The molecule has 0 bridgehead atoms. The molecule has 1 N–H and O–H groups in total. The summed E-state index contributed by atoms with van der Waals surface area (Å²) in [6, 6.07) is -1.03. The average Bonchev–Trinajstić information content (AvgIpc) is 2.57. The summed E-state index contributed by atoms with van der Waals surface area (Å²) in [6.45, 7) is 6.36. The lowest BCUT2D eigenvalue weighted by Crippen LogP contribution is -2.43. The molecule has 0 aromatic rings. The molecule has 1 aliphatic rings. The van der Waals surface area contributed by atoms with Gasteiger partial charge in [-0.25, -0.2) is 9.59 Å². The van der Waals surface area contributed by atoms with Gasteiger partial charge in [-0.15, -0.1) is 0 Å². The van der Waals surface area contributed by atoms with Crippen molar-refractivity contribution >= 4 is 18.0 Å². The number of ether oxygens (including phenoxy) is 2. The second-order valence-electron chi connectivity index (χ2n) is 5.45. The number of carbonyl (C=O) groups excluding carboxylic acids is 2. The highest BCUT2D eigenvalue weighted by Crippen LogP contribution is 2.23. The van der Waals surface area contributed by atoms with Gasteiger partial charge in [0.1, 0.15) is 17.7 Å². The van der Waals surface area contributed by atoms with E-state index in [0.717, 1.165) is 4.90 Å². The minimum absolute atomic E-state index is 0.0332. The molecular formula is C12H19NO6. The van der Waals surface area contributed by atoms with Crippen molar-refractivity contribution in [2.24, 2.45) is 0 Å². The number of likely N-dealkylation sites (tertiary alicyclic amines) is 1. The van der Waals surface area contributed by atoms with Gasteiger partial charge in [-0.05, 0) is 20.8 Å². The molecule has 0 spiro atoms. The molecule has 0 aromatic carbocycles. The maximum Gasteiger partial charge on any atom is 0.411 e. The Kier molecular flexibility index (Phi) is 4.39. The quantitative estimate of drug-likeness (QED) is 0.755. The van der Waals surface area contributed by atoms with Crippen LogP contribution in [0.4, 0.5) is 4.79 Å². The van der Waals surface area contributed by atoms with Crippen LogP contribution in [-0.2, 0) is 19.1 Å². The molecule has 1 amide bonds. The Balaban J connectivity index is 2.76. The number of aliphatic carboxylic acids is 1. The standard InChI is InChI=1S/C12H19NO6/c1-7(14)18-8-5-9(10(15)16)13(6-8)11(17)19-12(2,3)4/h8-9H,5-6H2,1-4H3,(H,15,16). The van der Waals surface area contributed by atoms with E-state index in [1.54, 1.807) is 20.8 Å². The van der Waals surface area contributed by atoms with Crippen LogP contribution >= 0.6 is 0 Å². The van der Waals surface area contributed by atoms with E-state index >= 15 is 0 Å². The molecule has 0 aliphatic carbocycles. The highest BCUT2D eigenvalue weighted by Gasteiger charge is 2.42. The maximum absolute atomic E-state index is 11.9. The van der Waals surface area contributed by atoms with Gasteiger partial charge >= 0.3 is 18.0 Å². The Hall–Kier alpha value is -1.79.